The van der Waals surface area contributed by atoms with Crippen LogP contribution in [0.4, 0.5) is 5.82 Å². The van der Waals surface area contributed by atoms with E-state index in [-0.39, 0.29) is 24.3 Å². The summed E-state index contributed by atoms with van der Waals surface area (Å²) in [6.45, 7) is 7.23. The first-order valence-corrected chi connectivity index (χ1v) is 11.3. The van der Waals surface area contributed by atoms with Crippen LogP contribution in [0.2, 0.25) is 0 Å². The highest BCUT2D eigenvalue weighted by atomic mass is 16.6. The fourth-order valence-corrected chi connectivity index (χ4v) is 4.10. The second-order valence-corrected chi connectivity index (χ2v) is 9.66. The Labute approximate surface area is 193 Å². The summed E-state index contributed by atoms with van der Waals surface area (Å²) in [5.41, 5.74) is 1.62. The molecular formula is C25H31N5O3. The number of carbonyl (C=O) groups excluding carboxylic acids is 2. The quantitative estimate of drug-likeness (QED) is 0.599. The molecule has 1 amide bonds. The number of anilines is 1. The van der Waals surface area contributed by atoms with Crippen molar-refractivity contribution in [2.45, 2.75) is 39.2 Å². The topological polar surface area (TPSA) is 89.4 Å². The highest BCUT2D eigenvalue weighted by Gasteiger charge is 2.27. The molecule has 1 aliphatic rings. The maximum atomic E-state index is 12.8. The Morgan fingerprint density at radius 1 is 1.09 bits per heavy atom. The molecule has 0 atom stereocenters. The van der Waals surface area contributed by atoms with Gasteiger partial charge in [0.15, 0.2) is 0 Å². The van der Waals surface area contributed by atoms with Gasteiger partial charge in [-0.1, -0.05) is 12.1 Å². The second-order valence-electron chi connectivity index (χ2n) is 9.66. The number of nitrogens with one attached hydrogen (secondary N) is 1. The Kier molecular flexibility index (Phi) is 6.47. The molecule has 3 heterocycles. The number of nitrogens with zero attached hydrogens (tertiary/aromatic N) is 4. The number of pyridine rings is 1. The van der Waals surface area contributed by atoms with E-state index in [4.69, 9.17) is 4.74 Å². The lowest BCUT2D eigenvalue weighted by Gasteiger charge is -2.31. The van der Waals surface area contributed by atoms with E-state index in [1.165, 1.54) is 0 Å². The Hall–Kier alpha value is -3.26. The van der Waals surface area contributed by atoms with Crippen LogP contribution in [-0.4, -0.2) is 56.8 Å². The summed E-state index contributed by atoms with van der Waals surface area (Å²) < 4.78 is 7.17. The zero-order valence-corrected chi connectivity index (χ0v) is 19.7. The van der Waals surface area contributed by atoms with E-state index in [0.717, 1.165) is 21.9 Å². The highest BCUT2D eigenvalue weighted by molar-refractivity contribution is 5.95. The largest absolute Gasteiger partial charge is 0.459 e. The number of piperidine rings is 1. The summed E-state index contributed by atoms with van der Waals surface area (Å²) in [4.78, 5) is 31.4. The molecule has 0 radical (unpaired) electrons. The second kappa shape index (κ2) is 9.31. The Morgan fingerprint density at radius 2 is 1.85 bits per heavy atom. The van der Waals surface area contributed by atoms with Gasteiger partial charge in [-0.05, 0) is 69.8 Å². The van der Waals surface area contributed by atoms with Crippen LogP contribution in [0.1, 0.15) is 33.6 Å². The summed E-state index contributed by atoms with van der Waals surface area (Å²) >= 11 is 0. The fraction of sp³-hybridized carbons (Fsp3) is 0.440. The zero-order chi connectivity index (χ0) is 23.6. The van der Waals surface area contributed by atoms with Crippen LogP contribution >= 0.6 is 0 Å². The van der Waals surface area contributed by atoms with Crippen molar-refractivity contribution in [2.75, 3.05) is 25.0 Å². The van der Waals surface area contributed by atoms with E-state index in [9.17, 15) is 9.59 Å². The molecule has 33 heavy (non-hydrogen) atoms. The van der Waals surface area contributed by atoms with Crippen LogP contribution in [0.25, 0.3) is 21.9 Å². The van der Waals surface area contributed by atoms with E-state index in [1.54, 1.807) is 10.9 Å². The molecule has 174 valence electrons. The maximum Gasteiger partial charge on any atom is 0.320 e. The number of ether oxygens (including phenoxy) is 1. The molecule has 0 unspecified atom stereocenters. The van der Waals surface area contributed by atoms with E-state index in [1.807, 2.05) is 63.3 Å². The predicted molar refractivity (Wildman–Crippen MR) is 128 cm³/mol. The van der Waals surface area contributed by atoms with Gasteiger partial charge in [0.2, 0.25) is 5.91 Å². The average molecular weight is 450 g/mol. The first kappa shape index (κ1) is 22.9. The lowest BCUT2D eigenvalue weighted by Crippen LogP contribution is -2.42. The summed E-state index contributed by atoms with van der Waals surface area (Å²) in [6, 6.07) is 8.06. The van der Waals surface area contributed by atoms with E-state index in [0.29, 0.717) is 31.7 Å². The highest BCUT2D eigenvalue weighted by Crippen LogP contribution is 2.26. The molecule has 8 nitrogen and oxygen atoms in total. The summed E-state index contributed by atoms with van der Waals surface area (Å²) in [7, 11) is 1.89. The molecule has 0 bridgehead atoms. The van der Waals surface area contributed by atoms with Crippen molar-refractivity contribution in [2.24, 2.45) is 13.0 Å². The lowest BCUT2D eigenvalue weighted by atomic mass is 9.96. The molecule has 3 aromatic rings. The molecule has 8 heteroatoms. The van der Waals surface area contributed by atoms with Gasteiger partial charge >= 0.3 is 5.97 Å². The van der Waals surface area contributed by atoms with Gasteiger partial charge in [0.1, 0.15) is 11.4 Å². The van der Waals surface area contributed by atoms with Crippen molar-refractivity contribution in [1.29, 1.82) is 0 Å². The number of benzene rings is 1. The molecule has 0 spiro atoms. The smallest absolute Gasteiger partial charge is 0.320 e. The number of aromatic nitrogens is 3. The molecule has 1 fully saturated rings. The fourth-order valence-electron chi connectivity index (χ4n) is 4.10. The van der Waals surface area contributed by atoms with Crippen molar-refractivity contribution in [3.05, 3.63) is 42.9 Å². The normalized spacial score (nSPS) is 15.5. The first-order valence-electron chi connectivity index (χ1n) is 11.3. The van der Waals surface area contributed by atoms with Crippen molar-refractivity contribution >= 4 is 28.5 Å². The van der Waals surface area contributed by atoms with Crippen molar-refractivity contribution in [1.82, 2.24) is 19.7 Å². The van der Waals surface area contributed by atoms with E-state index < -0.39 is 5.60 Å². The number of hydrogen-bond acceptors (Lipinski definition) is 6. The monoisotopic (exact) mass is 449 g/mol. The third-order valence-corrected chi connectivity index (χ3v) is 5.74. The first-order chi connectivity index (χ1) is 15.7. The van der Waals surface area contributed by atoms with Crippen LogP contribution in [0, 0.1) is 5.92 Å². The van der Waals surface area contributed by atoms with Gasteiger partial charge in [-0.2, -0.15) is 5.10 Å². The third-order valence-electron chi connectivity index (χ3n) is 5.74. The number of esters is 1. The van der Waals surface area contributed by atoms with Gasteiger partial charge in [0.25, 0.3) is 0 Å². The number of fused-ring (bicyclic) bond motifs is 1. The molecule has 0 aliphatic carbocycles. The van der Waals surface area contributed by atoms with Gasteiger partial charge < -0.3 is 10.1 Å². The lowest BCUT2D eigenvalue weighted by molar-refractivity contribution is -0.156. The summed E-state index contributed by atoms with van der Waals surface area (Å²) in [6.07, 6.45) is 6.99. The van der Waals surface area contributed by atoms with Gasteiger partial charge in [0, 0.05) is 36.3 Å². The molecule has 1 N–H and O–H groups in total. The molecule has 0 saturated carbocycles. The van der Waals surface area contributed by atoms with Gasteiger partial charge in [-0.25, -0.2) is 4.98 Å². The van der Waals surface area contributed by atoms with Crippen molar-refractivity contribution in [3.63, 3.8) is 0 Å². The van der Waals surface area contributed by atoms with Crippen LogP contribution in [0.5, 0.6) is 0 Å². The summed E-state index contributed by atoms with van der Waals surface area (Å²) in [5, 5.41) is 9.23. The van der Waals surface area contributed by atoms with Crippen LogP contribution < -0.4 is 5.32 Å². The van der Waals surface area contributed by atoms with E-state index >= 15 is 0 Å². The number of hydrogen-bond donors (Lipinski definition) is 1. The Balaban J connectivity index is 1.35. The SMILES string of the molecule is Cn1cc(-c2ccc3cnc(NC(=O)C4CCN(CC(=O)OC(C)(C)C)CC4)cc3c2)cn1. The van der Waals surface area contributed by atoms with Gasteiger partial charge in [0.05, 0.1) is 12.7 Å². The third kappa shape index (κ3) is 5.96. The molecule has 2 aromatic heterocycles. The molecule has 1 saturated heterocycles. The van der Waals surface area contributed by atoms with Crippen molar-refractivity contribution < 1.29 is 14.3 Å². The number of amides is 1. The van der Waals surface area contributed by atoms with Crippen molar-refractivity contribution in [3.8, 4) is 11.1 Å². The standard InChI is InChI=1S/C25H31N5O3/c1-25(2,3)33-23(31)16-30-9-7-17(8-10-30)24(32)28-22-12-20-11-18(5-6-19(20)13-26-22)21-14-27-29(4)15-21/h5-6,11-15,17H,7-10,16H2,1-4H3,(H,26,28,32). The molecule has 1 aliphatic heterocycles. The molecular weight excluding hydrogens is 418 g/mol. The molecule has 4 rings (SSSR count). The minimum atomic E-state index is -0.485. The molecule has 1 aromatic carbocycles. The number of likely N-dealkylation sites (tertiary alicyclic amines) is 1. The van der Waals surface area contributed by atoms with Crippen LogP contribution in [0.3, 0.4) is 0 Å². The minimum absolute atomic E-state index is 0.0258. The number of aryl methyl sites for hydroxylation is 1. The van der Waals surface area contributed by atoms with Gasteiger partial charge in [-0.15, -0.1) is 0 Å². The van der Waals surface area contributed by atoms with E-state index in [2.05, 4.69) is 21.5 Å². The maximum absolute atomic E-state index is 12.8. The number of carbonyl (C=O) groups is 2. The van der Waals surface area contributed by atoms with Crippen LogP contribution in [0.15, 0.2) is 42.9 Å². The Morgan fingerprint density at radius 3 is 2.52 bits per heavy atom. The zero-order valence-electron chi connectivity index (χ0n) is 19.7. The minimum Gasteiger partial charge on any atom is -0.459 e. The average Bonchev–Trinajstić information content (AvgIpc) is 3.18. The Bertz CT molecular complexity index is 1160. The summed E-state index contributed by atoms with van der Waals surface area (Å²) in [5.74, 6) is 0.199. The van der Waals surface area contributed by atoms with Gasteiger partial charge in [-0.3, -0.25) is 19.2 Å². The number of rotatable bonds is 5. The van der Waals surface area contributed by atoms with Crippen LogP contribution in [-0.2, 0) is 21.4 Å². The predicted octanol–water partition coefficient (Wildman–Crippen LogP) is 3.63.